The molecule has 1 aromatic heterocycles. The molecule has 0 unspecified atom stereocenters. The maximum Gasteiger partial charge on any atom is 0.414 e. The van der Waals surface area contributed by atoms with E-state index in [2.05, 4.69) is 37.4 Å². The number of ether oxygens (including phenoxy) is 1. The number of unbranched alkanes of at least 4 members (excludes halogenated alkanes) is 1. The summed E-state index contributed by atoms with van der Waals surface area (Å²) in [6, 6.07) is 10.2. The Bertz CT molecular complexity index is 669. The summed E-state index contributed by atoms with van der Waals surface area (Å²) >= 11 is 0. The first kappa shape index (κ1) is 21.2. The van der Waals surface area contributed by atoms with Crippen LogP contribution < -0.4 is 10.1 Å². The third-order valence-electron chi connectivity index (χ3n) is 3.41. The molecule has 0 bridgehead atoms. The Morgan fingerprint density at radius 3 is 2.46 bits per heavy atom. The van der Waals surface area contributed by atoms with Crippen LogP contribution >= 0.6 is 0 Å². The lowest BCUT2D eigenvalue weighted by molar-refractivity contribution is -0.159. The van der Waals surface area contributed by atoms with E-state index >= 15 is 0 Å². The van der Waals surface area contributed by atoms with Crippen molar-refractivity contribution < 1.29 is 29.0 Å². The average molecular weight is 363 g/mol. The highest BCUT2D eigenvalue weighted by molar-refractivity contribution is 6.27. The lowest BCUT2D eigenvalue weighted by atomic mass is 10.1. The summed E-state index contributed by atoms with van der Waals surface area (Å²) in [4.78, 5) is 18.2. The Balaban J connectivity index is 0.000000487. The van der Waals surface area contributed by atoms with Gasteiger partial charge in [0.15, 0.2) is 0 Å². The van der Waals surface area contributed by atoms with Gasteiger partial charge in [-0.15, -0.1) is 0 Å². The van der Waals surface area contributed by atoms with Crippen LogP contribution in [0.1, 0.15) is 29.7 Å². The van der Waals surface area contributed by atoms with Crippen molar-refractivity contribution in [3.63, 3.8) is 0 Å². The van der Waals surface area contributed by atoms with Crippen LogP contribution in [0.4, 0.5) is 0 Å². The molecule has 0 fully saturated rings. The summed E-state index contributed by atoms with van der Waals surface area (Å²) in [6.07, 6.45) is 3.86. The van der Waals surface area contributed by atoms with Gasteiger partial charge in [0.05, 0.1) is 19.4 Å². The third-order valence-corrected chi connectivity index (χ3v) is 3.41. The zero-order chi connectivity index (χ0) is 19.4. The molecule has 0 saturated heterocycles. The number of carboxylic acids is 2. The van der Waals surface area contributed by atoms with Crippen molar-refractivity contribution in [1.82, 2.24) is 5.32 Å². The second-order valence-electron chi connectivity index (χ2n) is 5.69. The maximum atomic E-state index is 9.10. The van der Waals surface area contributed by atoms with Crippen molar-refractivity contribution in [3.8, 4) is 5.75 Å². The molecule has 2 rings (SSSR count). The predicted molar refractivity (Wildman–Crippen MR) is 96.3 cm³/mol. The monoisotopic (exact) mass is 363 g/mol. The number of carbonyl (C=O) groups is 2. The minimum Gasteiger partial charge on any atom is -0.493 e. The van der Waals surface area contributed by atoms with E-state index in [1.165, 1.54) is 11.1 Å². The second-order valence-corrected chi connectivity index (χ2v) is 5.69. The largest absolute Gasteiger partial charge is 0.493 e. The molecular formula is C19H25NO6. The highest BCUT2D eigenvalue weighted by atomic mass is 16.5. The molecule has 0 aliphatic heterocycles. The molecular weight excluding hydrogens is 338 g/mol. The zero-order valence-corrected chi connectivity index (χ0v) is 15.0. The van der Waals surface area contributed by atoms with E-state index in [4.69, 9.17) is 29.0 Å². The lowest BCUT2D eigenvalue weighted by Crippen LogP contribution is -2.15. The van der Waals surface area contributed by atoms with Crippen LogP contribution in [0.3, 0.4) is 0 Å². The molecule has 0 aliphatic carbocycles. The smallest absolute Gasteiger partial charge is 0.414 e. The average Bonchev–Trinajstić information content (AvgIpc) is 3.11. The summed E-state index contributed by atoms with van der Waals surface area (Å²) in [6.45, 7) is 6.72. The number of carboxylic acid groups (broad SMARTS) is 2. The number of benzene rings is 1. The molecule has 7 heteroatoms. The molecule has 2 aromatic rings. The molecule has 142 valence electrons. The fourth-order valence-electron chi connectivity index (χ4n) is 2.02. The number of rotatable bonds is 8. The minimum atomic E-state index is -1.82. The van der Waals surface area contributed by atoms with Gasteiger partial charge in [0, 0.05) is 0 Å². The van der Waals surface area contributed by atoms with Crippen molar-refractivity contribution >= 4 is 11.9 Å². The lowest BCUT2D eigenvalue weighted by Gasteiger charge is -2.10. The van der Waals surface area contributed by atoms with Gasteiger partial charge in [-0.3, -0.25) is 0 Å². The summed E-state index contributed by atoms with van der Waals surface area (Å²) < 4.78 is 11.1. The summed E-state index contributed by atoms with van der Waals surface area (Å²) in [5.74, 6) is -1.66. The van der Waals surface area contributed by atoms with Gasteiger partial charge in [0.1, 0.15) is 11.5 Å². The molecule has 0 spiro atoms. The van der Waals surface area contributed by atoms with Gasteiger partial charge in [0.25, 0.3) is 0 Å². The maximum absolute atomic E-state index is 9.10. The number of hydrogen-bond acceptors (Lipinski definition) is 5. The van der Waals surface area contributed by atoms with Gasteiger partial charge in [-0.05, 0) is 62.6 Å². The first-order valence-corrected chi connectivity index (χ1v) is 8.29. The molecule has 0 aliphatic rings. The van der Waals surface area contributed by atoms with Gasteiger partial charge >= 0.3 is 11.9 Å². The zero-order valence-electron chi connectivity index (χ0n) is 15.0. The molecule has 1 heterocycles. The number of nitrogens with one attached hydrogen (secondary N) is 1. The third kappa shape index (κ3) is 8.89. The first-order chi connectivity index (χ1) is 12.4. The predicted octanol–water partition coefficient (Wildman–Crippen LogP) is 3.00. The fraction of sp³-hybridized carbons (Fsp3) is 0.368. The van der Waals surface area contributed by atoms with E-state index < -0.39 is 11.9 Å². The van der Waals surface area contributed by atoms with Gasteiger partial charge in [-0.25, -0.2) is 9.59 Å². The van der Waals surface area contributed by atoms with E-state index in [0.29, 0.717) is 0 Å². The van der Waals surface area contributed by atoms with Crippen LogP contribution in [0.2, 0.25) is 0 Å². The molecule has 26 heavy (non-hydrogen) atoms. The quantitative estimate of drug-likeness (QED) is 0.488. The van der Waals surface area contributed by atoms with Crippen molar-refractivity contribution in [2.24, 2.45) is 0 Å². The van der Waals surface area contributed by atoms with E-state index in [-0.39, 0.29) is 0 Å². The van der Waals surface area contributed by atoms with E-state index in [1.54, 1.807) is 6.26 Å². The summed E-state index contributed by atoms with van der Waals surface area (Å²) in [7, 11) is 0. The number of aliphatic carboxylic acids is 2. The van der Waals surface area contributed by atoms with Crippen LogP contribution in [0, 0.1) is 13.8 Å². The van der Waals surface area contributed by atoms with Crippen molar-refractivity contribution in [3.05, 3.63) is 53.5 Å². The Morgan fingerprint density at radius 1 is 1.12 bits per heavy atom. The van der Waals surface area contributed by atoms with Crippen LogP contribution in [0.25, 0.3) is 0 Å². The molecule has 0 radical (unpaired) electrons. The van der Waals surface area contributed by atoms with Crippen molar-refractivity contribution in [2.75, 3.05) is 13.2 Å². The molecule has 0 amide bonds. The number of hydrogen-bond donors (Lipinski definition) is 3. The van der Waals surface area contributed by atoms with E-state index in [1.807, 2.05) is 12.1 Å². The van der Waals surface area contributed by atoms with Gasteiger partial charge in [-0.2, -0.15) is 0 Å². The van der Waals surface area contributed by atoms with E-state index in [9.17, 15) is 0 Å². The summed E-state index contributed by atoms with van der Waals surface area (Å²) in [5.41, 5.74) is 2.44. The van der Waals surface area contributed by atoms with Crippen molar-refractivity contribution in [1.29, 1.82) is 0 Å². The summed E-state index contributed by atoms with van der Waals surface area (Å²) in [5, 5.41) is 18.1. The molecule has 0 atom stereocenters. The van der Waals surface area contributed by atoms with Gasteiger partial charge < -0.3 is 24.7 Å². The van der Waals surface area contributed by atoms with Crippen LogP contribution in [0.15, 0.2) is 41.0 Å². The molecule has 3 N–H and O–H groups in total. The van der Waals surface area contributed by atoms with Gasteiger partial charge in [-0.1, -0.05) is 12.1 Å². The molecule has 7 nitrogen and oxygen atoms in total. The van der Waals surface area contributed by atoms with Crippen molar-refractivity contribution in [2.45, 2.75) is 33.2 Å². The normalized spacial score (nSPS) is 9.92. The minimum absolute atomic E-state index is 0.771. The van der Waals surface area contributed by atoms with Crippen LogP contribution in [-0.4, -0.2) is 35.3 Å². The Labute approximate surface area is 152 Å². The van der Waals surface area contributed by atoms with Gasteiger partial charge in [0.2, 0.25) is 0 Å². The fourth-order valence-corrected chi connectivity index (χ4v) is 2.02. The standard InChI is InChI=1S/C17H23NO2.C2H2O4/c1-14-7-8-15(2)17(12-14)20-10-4-3-9-18-13-16-6-5-11-19-16;3-1(4)2(5)6/h5-8,11-12,18H,3-4,9-10,13H2,1-2H3;(H,3,4)(H,5,6). The first-order valence-electron chi connectivity index (χ1n) is 8.29. The highest BCUT2D eigenvalue weighted by Crippen LogP contribution is 2.19. The Kier molecular flexibility index (Phi) is 9.56. The topological polar surface area (TPSA) is 109 Å². The van der Waals surface area contributed by atoms with Crippen LogP contribution in [0.5, 0.6) is 5.75 Å². The second kappa shape index (κ2) is 11.7. The highest BCUT2D eigenvalue weighted by Gasteiger charge is 2.04. The van der Waals surface area contributed by atoms with E-state index in [0.717, 1.165) is 44.0 Å². The SMILES string of the molecule is Cc1ccc(C)c(OCCCCNCc2ccco2)c1.O=C(O)C(=O)O. The Hall–Kier alpha value is -2.80. The number of aryl methyl sites for hydroxylation is 2. The molecule has 1 aromatic carbocycles. The Morgan fingerprint density at radius 2 is 1.85 bits per heavy atom. The number of furan rings is 1. The molecule has 0 saturated carbocycles. The van der Waals surface area contributed by atoms with Crippen LogP contribution in [-0.2, 0) is 16.1 Å².